The molecular formula is CH2BN3. The molecule has 0 atom stereocenters. The molecule has 0 unspecified atom stereocenters. The fourth-order valence-corrected chi connectivity index (χ4v) is 0.183. The summed E-state index contributed by atoms with van der Waals surface area (Å²) in [5.41, 5.74) is 0. The van der Waals surface area contributed by atoms with Gasteiger partial charge in [-0.25, -0.2) is 5.03 Å². The topological polar surface area (TPSA) is 37.1 Å². The summed E-state index contributed by atoms with van der Waals surface area (Å²) in [5.74, 6) is 0. The van der Waals surface area contributed by atoms with Gasteiger partial charge in [0.1, 0.15) is 0 Å². The Hall–Kier alpha value is -0.665. The molecule has 24 valence electrons. The van der Waals surface area contributed by atoms with E-state index in [1.54, 1.807) is 6.11 Å². The molecule has 0 bridgehead atoms. The van der Waals surface area contributed by atoms with Crippen LogP contribution in [-0.4, -0.2) is 13.5 Å². The Labute approximate surface area is 30.1 Å². The van der Waals surface area contributed by atoms with Gasteiger partial charge >= 0.3 is 7.41 Å². The first-order valence-electron chi connectivity index (χ1n) is 1.38. The minimum absolute atomic E-state index is 0.667. The molecule has 1 rings (SSSR count). The molecule has 0 saturated carbocycles. The van der Waals surface area contributed by atoms with Gasteiger partial charge in [-0.2, -0.15) is 5.10 Å². The van der Waals surface area contributed by atoms with E-state index in [2.05, 4.69) is 15.3 Å². The standard InChI is InChI=1S/CH2BN3/c1-2-4-5-3-1/h1-2H. The molecule has 0 aromatic heterocycles. The van der Waals surface area contributed by atoms with Crippen molar-refractivity contribution in [3.8, 4) is 0 Å². The van der Waals surface area contributed by atoms with Gasteiger partial charge in [0.25, 0.3) is 0 Å². The van der Waals surface area contributed by atoms with Gasteiger partial charge in [0.15, 0.2) is 0 Å². The fourth-order valence-electron chi connectivity index (χ4n) is 0.183. The summed E-state index contributed by atoms with van der Waals surface area (Å²) in [6.07, 6.45) is 1.65. The largest absolute Gasteiger partial charge is 0.339 e. The van der Waals surface area contributed by atoms with Gasteiger partial charge in [-0.15, -0.1) is 0 Å². The molecule has 0 radical (unpaired) electrons. The second-order valence-electron chi connectivity index (χ2n) is 0.711. The number of rotatable bonds is 0. The highest BCUT2D eigenvalue weighted by molar-refractivity contribution is 6.66. The first-order valence-corrected chi connectivity index (χ1v) is 1.38. The van der Waals surface area contributed by atoms with E-state index in [0.29, 0.717) is 7.41 Å². The van der Waals surface area contributed by atoms with Gasteiger partial charge in [0.2, 0.25) is 0 Å². The number of nitrogens with zero attached hydrogens (tertiary/aromatic N) is 3. The molecule has 4 heteroatoms. The first kappa shape index (κ1) is 2.57. The zero-order chi connectivity index (χ0) is 3.54. The van der Waals surface area contributed by atoms with Crippen molar-refractivity contribution < 1.29 is 0 Å². The highest BCUT2D eigenvalue weighted by atomic mass is 15.4. The molecule has 5 heavy (non-hydrogen) atoms. The van der Waals surface area contributed by atoms with Crippen molar-refractivity contribution in [1.29, 1.82) is 0 Å². The maximum Gasteiger partial charge on any atom is 0.339 e. The first-order chi connectivity index (χ1) is 2.50. The van der Waals surface area contributed by atoms with Crippen LogP contribution in [0.15, 0.2) is 15.3 Å². The lowest BCUT2D eigenvalue weighted by atomic mass is 10.0. The van der Waals surface area contributed by atoms with E-state index in [9.17, 15) is 0 Å². The van der Waals surface area contributed by atoms with Gasteiger partial charge in [-0.3, -0.25) is 0 Å². The van der Waals surface area contributed by atoms with Gasteiger partial charge < -0.3 is 0 Å². The molecule has 0 aliphatic carbocycles. The average Bonchev–Trinajstić information content (AvgIpc) is 1.76. The highest BCUT2D eigenvalue weighted by Gasteiger charge is 1.81. The van der Waals surface area contributed by atoms with E-state index >= 15 is 0 Å². The third kappa shape index (κ3) is 0.316. The molecule has 1 heterocycles. The maximum atomic E-state index is 3.49. The summed E-state index contributed by atoms with van der Waals surface area (Å²) < 4.78 is 0. The van der Waals surface area contributed by atoms with Gasteiger partial charge in [0.05, 0.1) is 0 Å². The Morgan fingerprint density at radius 3 is 2.80 bits per heavy atom. The number of hydrogen-bond donors (Lipinski definition) is 0. The lowest BCUT2D eigenvalue weighted by Crippen LogP contribution is -1.74. The van der Waals surface area contributed by atoms with Crippen LogP contribution in [0.5, 0.6) is 0 Å². The third-order valence-corrected chi connectivity index (χ3v) is 0.360. The molecule has 1 aliphatic heterocycles. The molecule has 0 aromatic carbocycles. The summed E-state index contributed by atoms with van der Waals surface area (Å²) in [6.45, 7) is 0. The minimum atomic E-state index is 0.667. The summed E-state index contributed by atoms with van der Waals surface area (Å²) in [6, 6.07) is 0. The zero-order valence-corrected chi connectivity index (χ0v) is 2.63. The zero-order valence-electron chi connectivity index (χ0n) is 2.63. The molecule has 0 N–H and O–H groups in total. The van der Waals surface area contributed by atoms with Crippen molar-refractivity contribution in [3.05, 3.63) is 0 Å². The average molecular weight is 66.9 g/mol. The molecule has 0 aromatic rings. The summed E-state index contributed by atoms with van der Waals surface area (Å²) in [5, 5.41) is 10.2. The molecule has 0 fully saturated rings. The van der Waals surface area contributed by atoms with Crippen LogP contribution in [0.25, 0.3) is 0 Å². The van der Waals surface area contributed by atoms with Crippen LogP contribution in [0, 0.1) is 0 Å². The van der Waals surface area contributed by atoms with Crippen LogP contribution in [0.2, 0.25) is 0 Å². The Balaban J connectivity index is 2.61. The van der Waals surface area contributed by atoms with Crippen molar-refractivity contribution >= 4 is 13.5 Å². The van der Waals surface area contributed by atoms with Crippen molar-refractivity contribution in [2.45, 2.75) is 0 Å². The summed E-state index contributed by atoms with van der Waals surface area (Å²) in [4.78, 5) is 0. The fraction of sp³-hybridized carbons (Fsp3) is 0. The Kier molecular flexibility index (Phi) is 0.496. The molecule has 0 amide bonds. The van der Waals surface area contributed by atoms with E-state index < -0.39 is 0 Å². The van der Waals surface area contributed by atoms with Gasteiger partial charge in [-0.05, 0) is 0 Å². The lowest BCUT2D eigenvalue weighted by Gasteiger charge is -1.50. The van der Waals surface area contributed by atoms with E-state index in [4.69, 9.17) is 0 Å². The minimum Gasteiger partial charge on any atom is -0.232 e. The second-order valence-corrected chi connectivity index (χ2v) is 0.711. The predicted molar refractivity (Wildman–Crippen MR) is 20.5 cm³/mol. The Bertz CT molecular complexity index is 65.0. The quantitative estimate of drug-likeness (QED) is 0.350. The van der Waals surface area contributed by atoms with Crippen LogP contribution in [-0.2, 0) is 0 Å². The Morgan fingerprint density at radius 2 is 2.60 bits per heavy atom. The molecule has 0 spiro atoms. The molecule has 0 saturated heterocycles. The third-order valence-electron chi connectivity index (χ3n) is 0.360. The van der Waals surface area contributed by atoms with Crippen LogP contribution in [0.3, 0.4) is 0 Å². The normalized spacial score (nSPS) is 16.0. The van der Waals surface area contributed by atoms with E-state index in [1.165, 1.54) is 0 Å². The van der Waals surface area contributed by atoms with Crippen molar-refractivity contribution in [2.24, 2.45) is 15.3 Å². The van der Waals surface area contributed by atoms with Crippen LogP contribution in [0.1, 0.15) is 0 Å². The van der Waals surface area contributed by atoms with E-state index in [0.717, 1.165) is 0 Å². The van der Waals surface area contributed by atoms with Crippen molar-refractivity contribution in [3.63, 3.8) is 0 Å². The van der Waals surface area contributed by atoms with Crippen molar-refractivity contribution in [1.82, 2.24) is 0 Å². The molecular weight excluding hydrogens is 64.8 g/mol. The van der Waals surface area contributed by atoms with Crippen molar-refractivity contribution in [2.75, 3.05) is 0 Å². The SMILES string of the molecule is B1C=NN=N1. The predicted octanol–water partition coefficient (Wildman–Crippen LogP) is -0.253. The molecule has 3 nitrogen and oxygen atoms in total. The van der Waals surface area contributed by atoms with Crippen LogP contribution >= 0.6 is 0 Å². The summed E-state index contributed by atoms with van der Waals surface area (Å²) >= 11 is 0. The lowest BCUT2D eigenvalue weighted by molar-refractivity contribution is 1.14. The maximum absolute atomic E-state index is 3.49. The smallest absolute Gasteiger partial charge is 0.232 e. The van der Waals surface area contributed by atoms with Gasteiger partial charge in [-0.1, -0.05) is 5.22 Å². The Morgan fingerprint density at radius 1 is 1.60 bits per heavy atom. The summed E-state index contributed by atoms with van der Waals surface area (Å²) in [7, 11) is 0.667. The van der Waals surface area contributed by atoms with E-state index in [1.807, 2.05) is 0 Å². The van der Waals surface area contributed by atoms with Gasteiger partial charge in [0, 0.05) is 6.11 Å². The molecule has 1 aliphatic rings. The van der Waals surface area contributed by atoms with Crippen LogP contribution in [0.4, 0.5) is 0 Å². The highest BCUT2D eigenvalue weighted by Crippen LogP contribution is 1.77. The van der Waals surface area contributed by atoms with E-state index in [-0.39, 0.29) is 0 Å². The van der Waals surface area contributed by atoms with Crippen LogP contribution < -0.4 is 0 Å². The second kappa shape index (κ2) is 0.968. The monoisotopic (exact) mass is 67.0 g/mol. The number of hydrogen-bond acceptors (Lipinski definition) is 3.